The normalized spacial score (nSPS) is 21.3. The number of hydrazone groups is 1. The number of hydrogen-bond donors (Lipinski definition) is 0. The molecule has 0 amide bonds. The average Bonchev–Trinajstić information content (AvgIpc) is 2.60. The molecule has 1 rings (SSSR count). The highest BCUT2D eigenvalue weighted by molar-refractivity contribution is 5.58. The van der Waals surface area contributed by atoms with E-state index in [2.05, 4.69) is 5.10 Å². The van der Waals surface area contributed by atoms with Crippen molar-refractivity contribution >= 4 is 6.34 Å². The van der Waals surface area contributed by atoms with Crippen molar-refractivity contribution in [3.63, 3.8) is 0 Å². The second kappa shape index (κ2) is 4.89. The first-order valence-corrected chi connectivity index (χ1v) is 5.66. The lowest BCUT2D eigenvalue weighted by atomic mass is 10.1. The van der Waals surface area contributed by atoms with Crippen molar-refractivity contribution in [1.82, 2.24) is 9.91 Å². The standard InChI is InChI=1S/C10H16F5N3/c1-4-5-18-8(7(2)3)17(6-16-18)10(14,15)9(11,12)13/h6-8H,4-5H2,1-3H3. The second-order valence-corrected chi connectivity index (χ2v) is 4.50. The minimum absolute atomic E-state index is 0.00662. The van der Waals surface area contributed by atoms with E-state index in [1.165, 1.54) is 5.01 Å². The van der Waals surface area contributed by atoms with Gasteiger partial charge < -0.3 is 0 Å². The van der Waals surface area contributed by atoms with E-state index in [-0.39, 0.29) is 4.90 Å². The summed E-state index contributed by atoms with van der Waals surface area (Å²) in [4.78, 5) is -0.00662. The minimum atomic E-state index is -5.62. The maximum Gasteiger partial charge on any atom is 0.475 e. The summed E-state index contributed by atoms with van der Waals surface area (Å²) in [5.41, 5.74) is 0. The van der Waals surface area contributed by atoms with Crippen LogP contribution in [0.3, 0.4) is 0 Å². The minimum Gasteiger partial charge on any atom is -0.273 e. The molecule has 0 aromatic heterocycles. The molecule has 0 spiro atoms. The van der Waals surface area contributed by atoms with Crippen LogP contribution in [-0.2, 0) is 0 Å². The van der Waals surface area contributed by atoms with Crippen LogP contribution in [0.15, 0.2) is 5.10 Å². The molecule has 0 aromatic rings. The van der Waals surface area contributed by atoms with E-state index < -0.39 is 24.3 Å². The van der Waals surface area contributed by atoms with Crippen LogP contribution in [0.25, 0.3) is 0 Å². The molecule has 0 bridgehead atoms. The van der Waals surface area contributed by atoms with Crippen LogP contribution in [0, 0.1) is 5.92 Å². The molecule has 0 aromatic carbocycles. The van der Waals surface area contributed by atoms with Gasteiger partial charge in [0.1, 0.15) is 12.5 Å². The number of hydrogen-bond acceptors (Lipinski definition) is 3. The van der Waals surface area contributed by atoms with Gasteiger partial charge in [-0.05, 0) is 12.3 Å². The maximum absolute atomic E-state index is 13.3. The fraction of sp³-hybridized carbons (Fsp3) is 0.900. The van der Waals surface area contributed by atoms with Crippen LogP contribution < -0.4 is 0 Å². The third-order valence-corrected chi connectivity index (χ3v) is 2.63. The first-order chi connectivity index (χ1) is 8.13. The van der Waals surface area contributed by atoms with Crippen LogP contribution in [0.1, 0.15) is 27.2 Å². The van der Waals surface area contributed by atoms with Gasteiger partial charge in [0.05, 0.1) is 0 Å². The summed E-state index contributed by atoms with van der Waals surface area (Å²) in [6, 6.07) is -4.91. The molecular formula is C10H16F5N3. The summed E-state index contributed by atoms with van der Waals surface area (Å²) >= 11 is 0. The van der Waals surface area contributed by atoms with E-state index in [1.807, 2.05) is 0 Å². The Morgan fingerprint density at radius 2 is 1.78 bits per heavy atom. The molecule has 0 saturated heterocycles. The summed E-state index contributed by atoms with van der Waals surface area (Å²) < 4.78 is 63.8. The van der Waals surface area contributed by atoms with Gasteiger partial charge in [0.25, 0.3) is 0 Å². The maximum atomic E-state index is 13.3. The fourth-order valence-electron chi connectivity index (χ4n) is 1.87. The first-order valence-electron chi connectivity index (χ1n) is 5.66. The Morgan fingerprint density at radius 1 is 1.22 bits per heavy atom. The Morgan fingerprint density at radius 3 is 2.17 bits per heavy atom. The Labute approximate surface area is 102 Å². The Bertz CT molecular complexity index is 313. The lowest BCUT2D eigenvalue weighted by Gasteiger charge is -2.38. The van der Waals surface area contributed by atoms with Crippen molar-refractivity contribution in [3.05, 3.63) is 0 Å². The van der Waals surface area contributed by atoms with Gasteiger partial charge in [-0.3, -0.25) is 9.91 Å². The topological polar surface area (TPSA) is 18.8 Å². The highest BCUT2D eigenvalue weighted by atomic mass is 19.4. The van der Waals surface area contributed by atoms with Gasteiger partial charge in [0.15, 0.2) is 0 Å². The quantitative estimate of drug-likeness (QED) is 0.579. The summed E-state index contributed by atoms with van der Waals surface area (Å²) in [5, 5.41) is 4.91. The van der Waals surface area contributed by atoms with E-state index >= 15 is 0 Å². The van der Waals surface area contributed by atoms with E-state index in [9.17, 15) is 22.0 Å². The zero-order chi connectivity index (χ0) is 14.1. The fourth-order valence-corrected chi connectivity index (χ4v) is 1.87. The molecule has 3 nitrogen and oxygen atoms in total. The summed E-state index contributed by atoms with van der Waals surface area (Å²) in [6.45, 7) is 5.31. The van der Waals surface area contributed by atoms with Crippen LogP contribution in [0.2, 0.25) is 0 Å². The molecule has 1 heterocycles. The van der Waals surface area contributed by atoms with Gasteiger partial charge in [0, 0.05) is 6.54 Å². The van der Waals surface area contributed by atoms with Crippen molar-refractivity contribution in [2.45, 2.75) is 45.6 Å². The number of nitrogens with zero attached hydrogens (tertiary/aromatic N) is 3. The van der Waals surface area contributed by atoms with Gasteiger partial charge in [0.2, 0.25) is 0 Å². The Balaban J connectivity index is 2.99. The predicted molar refractivity (Wildman–Crippen MR) is 57.0 cm³/mol. The SMILES string of the molecule is CCCN1N=CN(C(F)(F)C(F)(F)F)C1C(C)C. The summed E-state index contributed by atoms with van der Waals surface area (Å²) in [7, 11) is 0. The van der Waals surface area contributed by atoms with Crippen molar-refractivity contribution in [2.24, 2.45) is 11.0 Å². The zero-order valence-corrected chi connectivity index (χ0v) is 10.4. The molecule has 0 N–H and O–H groups in total. The van der Waals surface area contributed by atoms with Gasteiger partial charge in [-0.25, -0.2) is 0 Å². The monoisotopic (exact) mass is 273 g/mol. The molecule has 0 saturated carbocycles. The van der Waals surface area contributed by atoms with E-state index in [4.69, 9.17) is 0 Å². The smallest absolute Gasteiger partial charge is 0.273 e. The largest absolute Gasteiger partial charge is 0.475 e. The molecular weight excluding hydrogens is 257 g/mol. The zero-order valence-electron chi connectivity index (χ0n) is 10.4. The van der Waals surface area contributed by atoms with Crippen molar-refractivity contribution in [2.75, 3.05) is 6.54 Å². The molecule has 1 atom stereocenters. The molecule has 1 unspecified atom stereocenters. The Kier molecular flexibility index (Phi) is 4.07. The lowest BCUT2D eigenvalue weighted by Crippen LogP contribution is -2.58. The third-order valence-electron chi connectivity index (χ3n) is 2.63. The highest BCUT2D eigenvalue weighted by Crippen LogP contribution is 2.41. The number of alkyl halides is 5. The molecule has 18 heavy (non-hydrogen) atoms. The molecule has 8 heteroatoms. The van der Waals surface area contributed by atoms with Crippen LogP contribution in [0.4, 0.5) is 22.0 Å². The first kappa shape index (κ1) is 15.0. The van der Waals surface area contributed by atoms with Crippen LogP contribution >= 0.6 is 0 Å². The molecule has 0 radical (unpaired) electrons. The molecule has 1 aliphatic rings. The Hall–Kier alpha value is -1.08. The van der Waals surface area contributed by atoms with Gasteiger partial charge in [-0.1, -0.05) is 20.8 Å². The van der Waals surface area contributed by atoms with Crippen molar-refractivity contribution in [3.8, 4) is 0 Å². The summed E-state index contributed by atoms with van der Waals surface area (Å²) in [6.07, 6.45) is -5.50. The average molecular weight is 273 g/mol. The second-order valence-electron chi connectivity index (χ2n) is 4.50. The van der Waals surface area contributed by atoms with E-state index in [1.54, 1.807) is 20.8 Å². The van der Waals surface area contributed by atoms with Gasteiger partial charge in [-0.15, -0.1) is 0 Å². The van der Waals surface area contributed by atoms with Crippen LogP contribution in [-0.4, -0.2) is 41.2 Å². The molecule has 0 aliphatic carbocycles. The third kappa shape index (κ3) is 2.51. The predicted octanol–water partition coefficient (Wildman–Crippen LogP) is 3.09. The van der Waals surface area contributed by atoms with E-state index in [0.29, 0.717) is 19.3 Å². The molecule has 1 aliphatic heterocycles. The van der Waals surface area contributed by atoms with Gasteiger partial charge in [-0.2, -0.15) is 27.1 Å². The van der Waals surface area contributed by atoms with Crippen LogP contribution in [0.5, 0.6) is 0 Å². The van der Waals surface area contributed by atoms with Crippen molar-refractivity contribution in [1.29, 1.82) is 0 Å². The van der Waals surface area contributed by atoms with Crippen molar-refractivity contribution < 1.29 is 22.0 Å². The lowest BCUT2D eigenvalue weighted by molar-refractivity contribution is -0.335. The molecule has 0 fully saturated rings. The number of rotatable bonds is 4. The highest BCUT2D eigenvalue weighted by Gasteiger charge is 2.64. The number of halogens is 5. The molecule has 106 valence electrons. The van der Waals surface area contributed by atoms with E-state index in [0.717, 1.165) is 0 Å². The van der Waals surface area contributed by atoms with Gasteiger partial charge >= 0.3 is 12.2 Å². The summed E-state index contributed by atoms with van der Waals surface area (Å²) in [5.74, 6) is -0.410.